The molecule has 1 unspecified atom stereocenters. The Morgan fingerprint density at radius 2 is 1.61 bits per heavy atom. The van der Waals surface area contributed by atoms with Gasteiger partial charge in [0.1, 0.15) is 0 Å². The number of aliphatic imine (C=N–C) groups is 1. The van der Waals surface area contributed by atoms with Crippen LogP contribution >= 0.6 is 47.4 Å². The zero-order valence-corrected chi connectivity index (χ0v) is 21.0. The number of carbonyl (C=O) groups is 1. The average Bonchev–Trinajstić information content (AvgIpc) is 3.10. The van der Waals surface area contributed by atoms with Crippen LogP contribution in [0, 0.1) is 0 Å². The monoisotopic (exact) mass is 503 g/mol. The van der Waals surface area contributed by atoms with Gasteiger partial charge in [-0.3, -0.25) is 9.79 Å². The number of halogens is 3. The van der Waals surface area contributed by atoms with Gasteiger partial charge in [0, 0.05) is 40.0 Å². The molecule has 2 aliphatic carbocycles. The Labute approximate surface area is 206 Å². The summed E-state index contributed by atoms with van der Waals surface area (Å²) in [5.74, 6) is 0.949. The van der Waals surface area contributed by atoms with E-state index in [1.807, 2.05) is 11.8 Å². The molecule has 8 heteroatoms. The fraction of sp³-hybridized carbons (Fsp3) is 0.652. The van der Waals surface area contributed by atoms with Crippen LogP contribution in [-0.4, -0.2) is 39.9 Å². The average molecular weight is 505 g/mol. The molecule has 1 aromatic rings. The van der Waals surface area contributed by atoms with Gasteiger partial charge in [-0.1, -0.05) is 73.5 Å². The molecule has 1 aliphatic heterocycles. The molecule has 0 radical (unpaired) electrons. The number of anilines is 1. The molecule has 172 valence electrons. The Balaban J connectivity index is 0.00000272. The van der Waals surface area contributed by atoms with Gasteiger partial charge < -0.3 is 10.2 Å². The molecule has 4 nitrogen and oxygen atoms in total. The molecule has 1 saturated heterocycles. The van der Waals surface area contributed by atoms with Crippen molar-refractivity contribution in [2.24, 2.45) is 4.99 Å². The Morgan fingerprint density at radius 1 is 1.00 bits per heavy atom. The minimum absolute atomic E-state index is 0. The number of carbonyl (C=O) groups excluding carboxylic acids is 1. The van der Waals surface area contributed by atoms with Crippen LogP contribution in [0.25, 0.3) is 0 Å². The summed E-state index contributed by atoms with van der Waals surface area (Å²) in [6.07, 6.45) is 13.1. The SMILES string of the molecule is Cl.O=C(CC1CS/C(=N\C2CCCCC2)N1C1CCCCC1)Nc1cc(Cl)cc(Cl)c1. The lowest BCUT2D eigenvalue weighted by molar-refractivity contribution is -0.117. The lowest BCUT2D eigenvalue weighted by atomic mass is 9.93. The normalized spacial score (nSPS) is 24.3. The first-order valence-corrected chi connectivity index (χ1v) is 13.1. The van der Waals surface area contributed by atoms with E-state index in [0.29, 0.717) is 34.2 Å². The van der Waals surface area contributed by atoms with Gasteiger partial charge in [-0.2, -0.15) is 0 Å². The molecule has 1 atom stereocenters. The summed E-state index contributed by atoms with van der Waals surface area (Å²) in [6, 6.07) is 6.34. The van der Waals surface area contributed by atoms with Crippen molar-refractivity contribution in [2.45, 2.75) is 88.8 Å². The van der Waals surface area contributed by atoms with Gasteiger partial charge in [-0.15, -0.1) is 12.4 Å². The maximum atomic E-state index is 12.8. The number of amides is 1. The fourth-order valence-corrected chi connectivity index (χ4v) is 6.79. The Hall–Kier alpha value is -0.620. The Kier molecular flexibility index (Phi) is 9.69. The van der Waals surface area contributed by atoms with Gasteiger partial charge >= 0.3 is 0 Å². The van der Waals surface area contributed by atoms with Gasteiger partial charge in [0.15, 0.2) is 5.17 Å². The Morgan fingerprint density at radius 3 is 2.26 bits per heavy atom. The van der Waals surface area contributed by atoms with Crippen LogP contribution in [-0.2, 0) is 4.79 Å². The van der Waals surface area contributed by atoms with Crippen LogP contribution in [0.4, 0.5) is 5.69 Å². The lowest BCUT2D eigenvalue weighted by Crippen LogP contribution is -2.45. The van der Waals surface area contributed by atoms with E-state index in [1.165, 1.54) is 69.4 Å². The molecule has 1 amide bonds. The van der Waals surface area contributed by atoms with E-state index in [4.69, 9.17) is 28.2 Å². The predicted molar refractivity (Wildman–Crippen MR) is 136 cm³/mol. The zero-order valence-electron chi connectivity index (χ0n) is 17.8. The van der Waals surface area contributed by atoms with Crippen molar-refractivity contribution in [3.8, 4) is 0 Å². The van der Waals surface area contributed by atoms with E-state index < -0.39 is 0 Å². The second-order valence-electron chi connectivity index (χ2n) is 8.78. The summed E-state index contributed by atoms with van der Waals surface area (Å²) in [5.41, 5.74) is 0.656. The van der Waals surface area contributed by atoms with Crippen LogP contribution < -0.4 is 5.32 Å². The highest BCUT2D eigenvalue weighted by Gasteiger charge is 2.37. The first-order valence-electron chi connectivity index (χ1n) is 11.3. The van der Waals surface area contributed by atoms with Crippen LogP contribution in [0.3, 0.4) is 0 Å². The molecule has 31 heavy (non-hydrogen) atoms. The summed E-state index contributed by atoms with van der Waals surface area (Å²) >= 11 is 14.0. The third kappa shape index (κ3) is 6.93. The first kappa shape index (κ1) is 25.0. The summed E-state index contributed by atoms with van der Waals surface area (Å²) in [5, 5.41) is 5.23. The topological polar surface area (TPSA) is 44.7 Å². The van der Waals surface area contributed by atoms with Crippen molar-refractivity contribution in [2.75, 3.05) is 11.1 Å². The standard InChI is InChI=1S/C23H31Cl2N3OS.ClH/c24-16-11-17(25)13-19(12-16)26-22(29)14-21-15-30-23(27-18-7-3-1-4-8-18)28(21)20-9-5-2-6-10-20;/h11-13,18,20-21H,1-10,14-15H2,(H,26,29);1H/b27-23-;. The van der Waals surface area contributed by atoms with Gasteiger partial charge in [-0.05, 0) is 43.9 Å². The van der Waals surface area contributed by atoms with Crippen LogP contribution in [0.5, 0.6) is 0 Å². The van der Waals surface area contributed by atoms with Gasteiger partial charge in [0.2, 0.25) is 5.91 Å². The lowest BCUT2D eigenvalue weighted by Gasteiger charge is -2.37. The van der Waals surface area contributed by atoms with Gasteiger partial charge in [0.25, 0.3) is 0 Å². The molecule has 3 fully saturated rings. The maximum absolute atomic E-state index is 12.8. The molecule has 3 aliphatic rings. The van der Waals surface area contributed by atoms with E-state index >= 15 is 0 Å². The minimum atomic E-state index is 0. The molecule has 0 aromatic heterocycles. The van der Waals surface area contributed by atoms with Crippen molar-refractivity contribution in [3.05, 3.63) is 28.2 Å². The number of benzene rings is 1. The van der Waals surface area contributed by atoms with E-state index in [1.54, 1.807) is 18.2 Å². The fourth-order valence-electron chi connectivity index (χ4n) is 4.97. The molecule has 1 N–H and O–H groups in total. The maximum Gasteiger partial charge on any atom is 0.226 e. The number of nitrogens with zero attached hydrogens (tertiary/aromatic N) is 2. The summed E-state index contributed by atoms with van der Waals surface area (Å²) in [4.78, 5) is 20.6. The molecular formula is C23H32Cl3N3OS. The van der Waals surface area contributed by atoms with E-state index in [-0.39, 0.29) is 24.4 Å². The second-order valence-corrected chi connectivity index (χ2v) is 10.6. The summed E-state index contributed by atoms with van der Waals surface area (Å²) in [7, 11) is 0. The van der Waals surface area contributed by atoms with Crippen LogP contribution in [0.1, 0.15) is 70.6 Å². The number of thioether (sulfide) groups is 1. The van der Waals surface area contributed by atoms with E-state index in [2.05, 4.69) is 10.2 Å². The second kappa shape index (κ2) is 12.0. The van der Waals surface area contributed by atoms with Crippen LogP contribution in [0.2, 0.25) is 10.0 Å². The van der Waals surface area contributed by atoms with Gasteiger partial charge in [0.05, 0.1) is 6.04 Å². The smallest absolute Gasteiger partial charge is 0.226 e. The highest BCUT2D eigenvalue weighted by Crippen LogP contribution is 2.35. The summed E-state index contributed by atoms with van der Waals surface area (Å²) in [6.45, 7) is 0. The third-order valence-electron chi connectivity index (χ3n) is 6.42. The Bertz CT molecular complexity index is 759. The number of nitrogens with one attached hydrogen (secondary N) is 1. The van der Waals surface area contributed by atoms with Crippen molar-refractivity contribution >= 4 is 64.1 Å². The molecule has 2 saturated carbocycles. The third-order valence-corrected chi connectivity index (χ3v) is 7.98. The van der Waals surface area contributed by atoms with Crippen molar-refractivity contribution in [1.82, 2.24) is 4.90 Å². The highest BCUT2D eigenvalue weighted by atomic mass is 35.5. The van der Waals surface area contributed by atoms with E-state index in [0.717, 1.165) is 5.75 Å². The first-order chi connectivity index (χ1) is 14.6. The van der Waals surface area contributed by atoms with Crippen molar-refractivity contribution in [1.29, 1.82) is 0 Å². The number of hydrogen-bond donors (Lipinski definition) is 1. The predicted octanol–water partition coefficient (Wildman–Crippen LogP) is 7.18. The van der Waals surface area contributed by atoms with Crippen LogP contribution in [0.15, 0.2) is 23.2 Å². The molecular weight excluding hydrogens is 473 g/mol. The number of amidine groups is 1. The van der Waals surface area contributed by atoms with Crippen molar-refractivity contribution < 1.29 is 4.79 Å². The van der Waals surface area contributed by atoms with Gasteiger partial charge in [-0.25, -0.2) is 0 Å². The van der Waals surface area contributed by atoms with Crippen molar-refractivity contribution in [3.63, 3.8) is 0 Å². The molecule has 1 heterocycles. The number of rotatable bonds is 5. The molecule has 1 aromatic carbocycles. The summed E-state index contributed by atoms with van der Waals surface area (Å²) < 4.78 is 0. The highest BCUT2D eigenvalue weighted by molar-refractivity contribution is 8.14. The zero-order chi connectivity index (χ0) is 20.9. The number of hydrogen-bond acceptors (Lipinski definition) is 3. The minimum Gasteiger partial charge on any atom is -0.344 e. The molecule has 0 bridgehead atoms. The molecule has 0 spiro atoms. The largest absolute Gasteiger partial charge is 0.344 e. The van der Waals surface area contributed by atoms with E-state index in [9.17, 15) is 4.79 Å². The quantitative estimate of drug-likeness (QED) is 0.462. The molecule has 4 rings (SSSR count).